The minimum atomic E-state index is -4.55. The highest BCUT2D eigenvalue weighted by atomic mass is 19.4. The summed E-state index contributed by atoms with van der Waals surface area (Å²) in [7, 11) is 0. The van der Waals surface area contributed by atoms with Crippen LogP contribution in [0.15, 0.2) is 24.4 Å². The molecule has 0 saturated heterocycles. The number of rotatable bonds is 7. The van der Waals surface area contributed by atoms with Crippen molar-refractivity contribution in [1.29, 1.82) is 0 Å². The van der Waals surface area contributed by atoms with Gasteiger partial charge in [-0.05, 0) is 29.7 Å². The fourth-order valence-electron chi connectivity index (χ4n) is 3.04. The number of halogens is 3. The number of nitrogens with one attached hydrogen (secondary N) is 3. The number of amides is 1. The Balaban J connectivity index is 1.83. The van der Waals surface area contributed by atoms with Crippen molar-refractivity contribution in [3.8, 4) is 0 Å². The molecule has 1 aromatic carbocycles. The van der Waals surface area contributed by atoms with Gasteiger partial charge in [-0.2, -0.15) is 18.2 Å². The molecule has 0 atom stereocenters. The molecule has 0 bridgehead atoms. The predicted molar refractivity (Wildman–Crippen MR) is 102 cm³/mol. The number of anilines is 4. The van der Waals surface area contributed by atoms with Gasteiger partial charge in [0, 0.05) is 24.1 Å². The molecule has 0 fully saturated rings. The van der Waals surface area contributed by atoms with Crippen molar-refractivity contribution in [1.82, 2.24) is 9.97 Å². The minimum absolute atomic E-state index is 0.0530. The summed E-state index contributed by atoms with van der Waals surface area (Å²) in [5.41, 5.74) is 1.25. The van der Waals surface area contributed by atoms with Crippen LogP contribution in [0.4, 0.5) is 36.3 Å². The van der Waals surface area contributed by atoms with E-state index in [0.29, 0.717) is 12.2 Å². The van der Waals surface area contributed by atoms with Crippen LogP contribution in [0.2, 0.25) is 0 Å². The molecule has 1 aromatic heterocycles. The number of carbonyl (C=O) groups excluding carboxylic acids is 1. The molecule has 6 nitrogen and oxygen atoms in total. The third-order valence-electron chi connectivity index (χ3n) is 4.79. The smallest absolute Gasteiger partial charge is 0.369 e. The van der Waals surface area contributed by atoms with Crippen molar-refractivity contribution in [3.63, 3.8) is 0 Å². The van der Waals surface area contributed by atoms with Crippen LogP contribution >= 0.6 is 0 Å². The summed E-state index contributed by atoms with van der Waals surface area (Å²) in [6.45, 7) is 4.40. The molecule has 28 heavy (non-hydrogen) atoms. The molecule has 150 valence electrons. The van der Waals surface area contributed by atoms with Crippen LogP contribution in [0, 0.1) is 5.92 Å². The largest absolute Gasteiger partial charge is 0.421 e. The maximum Gasteiger partial charge on any atom is 0.421 e. The number of carbonyl (C=O) groups is 1. The molecule has 2 aromatic rings. The van der Waals surface area contributed by atoms with Gasteiger partial charge in [0.25, 0.3) is 0 Å². The third kappa shape index (κ3) is 4.52. The monoisotopic (exact) mass is 393 g/mol. The molecule has 0 unspecified atom stereocenters. The van der Waals surface area contributed by atoms with Gasteiger partial charge in [0.15, 0.2) is 0 Å². The van der Waals surface area contributed by atoms with Crippen molar-refractivity contribution < 1.29 is 18.0 Å². The quantitative estimate of drug-likeness (QED) is 0.642. The lowest BCUT2D eigenvalue weighted by molar-refractivity contribution is -0.137. The lowest BCUT2D eigenvalue weighted by atomic mass is 10.0. The lowest BCUT2D eigenvalue weighted by Crippen LogP contribution is -2.18. The number of benzene rings is 1. The highest BCUT2D eigenvalue weighted by molar-refractivity contribution is 5.99. The SMILES string of the molecule is CCC(CC)CNc1nc(Nc2ccc3c(c2)CC(=O)N3)ncc1C(F)(F)F. The predicted octanol–water partition coefficient (Wildman–Crippen LogP) is 4.58. The fraction of sp³-hybridized carbons (Fsp3) is 0.421. The number of alkyl halides is 3. The van der Waals surface area contributed by atoms with Gasteiger partial charge < -0.3 is 16.0 Å². The molecule has 0 spiro atoms. The first kappa shape index (κ1) is 19.9. The summed E-state index contributed by atoms with van der Waals surface area (Å²) in [4.78, 5) is 19.3. The lowest BCUT2D eigenvalue weighted by Gasteiger charge is -2.18. The molecule has 3 rings (SSSR count). The topological polar surface area (TPSA) is 78.9 Å². The Bertz CT molecular complexity index is 865. The van der Waals surface area contributed by atoms with E-state index in [9.17, 15) is 18.0 Å². The average Bonchev–Trinajstić information content (AvgIpc) is 3.01. The van der Waals surface area contributed by atoms with Crippen LogP contribution in [-0.4, -0.2) is 22.4 Å². The van der Waals surface area contributed by atoms with Gasteiger partial charge in [-0.3, -0.25) is 4.79 Å². The van der Waals surface area contributed by atoms with E-state index in [1.165, 1.54) is 0 Å². The second kappa shape index (κ2) is 8.04. The first-order chi connectivity index (χ1) is 13.3. The second-order valence-corrected chi connectivity index (χ2v) is 6.74. The van der Waals surface area contributed by atoms with Crippen molar-refractivity contribution in [2.45, 2.75) is 39.3 Å². The van der Waals surface area contributed by atoms with E-state index >= 15 is 0 Å². The van der Waals surface area contributed by atoms with Crippen LogP contribution in [0.5, 0.6) is 0 Å². The summed E-state index contributed by atoms with van der Waals surface area (Å²) in [5, 5.41) is 8.47. The van der Waals surface area contributed by atoms with Crippen molar-refractivity contribution in [2.75, 3.05) is 22.5 Å². The van der Waals surface area contributed by atoms with Crippen LogP contribution in [0.3, 0.4) is 0 Å². The van der Waals surface area contributed by atoms with E-state index in [1.54, 1.807) is 18.2 Å². The first-order valence-corrected chi connectivity index (χ1v) is 9.18. The highest BCUT2D eigenvalue weighted by Gasteiger charge is 2.35. The summed E-state index contributed by atoms with van der Waals surface area (Å²) >= 11 is 0. The highest BCUT2D eigenvalue weighted by Crippen LogP contribution is 2.34. The third-order valence-corrected chi connectivity index (χ3v) is 4.79. The maximum absolute atomic E-state index is 13.3. The van der Waals surface area contributed by atoms with Crippen LogP contribution < -0.4 is 16.0 Å². The molecular formula is C19H22F3N5O. The van der Waals surface area contributed by atoms with Crippen LogP contribution in [-0.2, 0) is 17.4 Å². The Hall–Kier alpha value is -2.84. The zero-order chi connectivity index (χ0) is 20.3. The Kier molecular flexibility index (Phi) is 5.71. The number of fused-ring (bicyclic) bond motifs is 1. The molecule has 0 aliphatic carbocycles. The molecule has 9 heteroatoms. The van der Waals surface area contributed by atoms with Crippen molar-refractivity contribution >= 4 is 29.0 Å². The molecule has 1 aliphatic rings. The van der Waals surface area contributed by atoms with E-state index in [2.05, 4.69) is 25.9 Å². The molecule has 0 radical (unpaired) electrons. The number of nitrogens with zero attached hydrogens (tertiary/aromatic N) is 2. The Morgan fingerprint density at radius 2 is 2.00 bits per heavy atom. The van der Waals surface area contributed by atoms with Gasteiger partial charge in [-0.25, -0.2) is 4.98 Å². The summed E-state index contributed by atoms with van der Waals surface area (Å²) in [5.74, 6) is -0.0211. The molecule has 1 amide bonds. The van der Waals surface area contributed by atoms with Crippen molar-refractivity contribution in [2.24, 2.45) is 5.92 Å². The van der Waals surface area contributed by atoms with Gasteiger partial charge in [0.2, 0.25) is 11.9 Å². The van der Waals surface area contributed by atoms with Gasteiger partial charge in [0.05, 0.1) is 6.42 Å². The van der Waals surface area contributed by atoms with E-state index in [1.807, 2.05) is 13.8 Å². The summed E-state index contributed by atoms with van der Waals surface area (Å²) < 4.78 is 39.9. The van der Waals surface area contributed by atoms with E-state index in [-0.39, 0.29) is 30.0 Å². The molecule has 3 N–H and O–H groups in total. The fourth-order valence-corrected chi connectivity index (χ4v) is 3.04. The average molecular weight is 393 g/mol. The van der Waals surface area contributed by atoms with E-state index in [4.69, 9.17) is 0 Å². The standard InChI is InChI=1S/C19H22F3N5O/c1-3-11(4-2)9-23-17-14(19(20,21)22)10-24-18(27-17)25-13-5-6-15-12(7-13)8-16(28)26-15/h5-7,10-11H,3-4,8-9H2,1-2H3,(H,26,28)(H2,23,24,25,27). The summed E-state index contributed by atoms with van der Waals surface area (Å²) in [6, 6.07) is 5.20. The van der Waals surface area contributed by atoms with Gasteiger partial charge >= 0.3 is 6.18 Å². The van der Waals surface area contributed by atoms with Gasteiger partial charge in [-0.1, -0.05) is 26.7 Å². The Morgan fingerprint density at radius 3 is 2.68 bits per heavy atom. The van der Waals surface area contributed by atoms with Crippen molar-refractivity contribution in [3.05, 3.63) is 35.5 Å². The molecular weight excluding hydrogens is 371 g/mol. The Morgan fingerprint density at radius 1 is 1.25 bits per heavy atom. The second-order valence-electron chi connectivity index (χ2n) is 6.74. The zero-order valence-corrected chi connectivity index (χ0v) is 15.7. The number of aromatic nitrogens is 2. The minimum Gasteiger partial charge on any atom is -0.369 e. The summed E-state index contributed by atoms with van der Waals surface area (Å²) in [6.07, 6.45) is -1.77. The maximum atomic E-state index is 13.3. The van der Waals surface area contributed by atoms with Crippen LogP contribution in [0.1, 0.15) is 37.8 Å². The molecule has 2 heterocycles. The number of hydrogen-bond acceptors (Lipinski definition) is 5. The normalized spacial score (nSPS) is 13.4. The zero-order valence-electron chi connectivity index (χ0n) is 15.7. The van der Waals surface area contributed by atoms with Gasteiger partial charge in [-0.15, -0.1) is 0 Å². The van der Waals surface area contributed by atoms with E-state index in [0.717, 1.165) is 30.3 Å². The van der Waals surface area contributed by atoms with E-state index < -0.39 is 11.7 Å². The molecule has 1 aliphatic heterocycles. The van der Waals surface area contributed by atoms with Gasteiger partial charge in [0.1, 0.15) is 11.4 Å². The first-order valence-electron chi connectivity index (χ1n) is 9.18. The molecule has 0 saturated carbocycles. The number of hydrogen-bond donors (Lipinski definition) is 3. The Labute approximate surface area is 161 Å². The van der Waals surface area contributed by atoms with Crippen LogP contribution in [0.25, 0.3) is 0 Å².